The standard InChI is InChI=1S/C40H35N3/c1-23-19-25(3)36(26(4)20-23)39-30-13-10-14-31(41-30)40(37-27(5)21-24(2)22-28(37)6)35-18-16-33(43-35)38(29-11-8-7-9-12-29)32-15-17-34(39)42-32/h7-22,42H,1-6H3. The van der Waals surface area contributed by atoms with Gasteiger partial charge in [0.15, 0.2) is 0 Å². The van der Waals surface area contributed by atoms with Gasteiger partial charge in [-0.1, -0.05) is 71.8 Å². The summed E-state index contributed by atoms with van der Waals surface area (Å²) in [7, 11) is 0. The largest absolute Gasteiger partial charge is 0.354 e. The number of pyridine rings is 1. The molecule has 0 saturated heterocycles. The zero-order chi connectivity index (χ0) is 29.8. The number of aliphatic imine (C=N–C) groups is 1. The molecule has 2 aliphatic rings. The van der Waals surface area contributed by atoms with Crippen molar-refractivity contribution in [2.45, 2.75) is 41.5 Å². The minimum atomic E-state index is 0.922. The number of rotatable bonds is 3. The van der Waals surface area contributed by atoms with Crippen LogP contribution in [0, 0.1) is 41.5 Å². The molecule has 43 heavy (non-hydrogen) atoms. The number of aryl methyl sites for hydroxylation is 6. The Morgan fingerprint density at radius 2 is 1.05 bits per heavy atom. The summed E-state index contributed by atoms with van der Waals surface area (Å²) < 4.78 is 0. The smallest absolute Gasteiger partial charge is 0.0738 e. The van der Waals surface area contributed by atoms with Gasteiger partial charge in [-0.2, -0.15) is 0 Å². The third-order valence-corrected chi connectivity index (χ3v) is 8.55. The fraction of sp³-hybridized carbons (Fsp3) is 0.150. The van der Waals surface area contributed by atoms with Crippen LogP contribution in [0.1, 0.15) is 61.5 Å². The maximum absolute atomic E-state index is 5.43. The van der Waals surface area contributed by atoms with Gasteiger partial charge in [0.2, 0.25) is 0 Å². The van der Waals surface area contributed by atoms with Crippen molar-refractivity contribution >= 4 is 22.4 Å². The number of allylic oxidation sites excluding steroid dienone is 2. The van der Waals surface area contributed by atoms with Crippen molar-refractivity contribution in [1.82, 2.24) is 9.97 Å². The Labute approximate surface area is 253 Å². The normalized spacial score (nSPS) is 14.1. The molecule has 4 heterocycles. The van der Waals surface area contributed by atoms with Gasteiger partial charge >= 0.3 is 0 Å². The van der Waals surface area contributed by atoms with Crippen molar-refractivity contribution in [3.05, 3.63) is 175 Å². The van der Waals surface area contributed by atoms with Crippen LogP contribution >= 0.6 is 0 Å². The lowest BCUT2D eigenvalue weighted by Gasteiger charge is -2.19. The van der Waals surface area contributed by atoms with Crippen molar-refractivity contribution < 1.29 is 0 Å². The number of aromatic nitrogens is 2. The molecule has 5 aromatic rings. The van der Waals surface area contributed by atoms with Crippen LogP contribution in [0.3, 0.4) is 0 Å². The molecule has 3 aromatic carbocycles. The first-order valence-electron chi connectivity index (χ1n) is 14.9. The van der Waals surface area contributed by atoms with Gasteiger partial charge < -0.3 is 4.98 Å². The van der Waals surface area contributed by atoms with Crippen LogP contribution in [0.15, 0.2) is 108 Å². The topological polar surface area (TPSA) is 41.0 Å². The summed E-state index contributed by atoms with van der Waals surface area (Å²) in [5.74, 6) is 0. The Kier molecular flexibility index (Phi) is 6.47. The number of fused-ring (bicyclic) bond motifs is 5. The van der Waals surface area contributed by atoms with E-state index in [9.17, 15) is 0 Å². The number of H-pyrrole nitrogens is 1. The van der Waals surface area contributed by atoms with E-state index in [-0.39, 0.29) is 0 Å². The lowest BCUT2D eigenvalue weighted by Crippen LogP contribution is -2.20. The van der Waals surface area contributed by atoms with Crippen molar-refractivity contribution in [2.75, 3.05) is 0 Å². The molecule has 0 amide bonds. The summed E-state index contributed by atoms with van der Waals surface area (Å²) in [6.07, 6.45) is 4.30. The molecule has 0 aliphatic carbocycles. The third kappa shape index (κ3) is 4.62. The Morgan fingerprint density at radius 3 is 1.65 bits per heavy atom. The maximum Gasteiger partial charge on any atom is 0.0738 e. The molecule has 3 nitrogen and oxygen atoms in total. The van der Waals surface area contributed by atoms with E-state index < -0.39 is 0 Å². The van der Waals surface area contributed by atoms with Gasteiger partial charge in [0, 0.05) is 27.4 Å². The van der Waals surface area contributed by atoms with E-state index in [0.717, 1.165) is 55.8 Å². The first-order chi connectivity index (χ1) is 20.8. The highest BCUT2D eigenvalue weighted by Gasteiger charge is 2.24. The first kappa shape index (κ1) is 26.9. The molecule has 2 aliphatic heterocycles. The second-order valence-electron chi connectivity index (χ2n) is 11.9. The van der Waals surface area contributed by atoms with E-state index in [4.69, 9.17) is 9.98 Å². The van der Waals surface area contributed by atoms with E-state index in [0.29, 0.717) is 0 Å². The fourth-order valence-electron chi connectivity index (χ4n) is 7.02. The van der Waals surface area contributed by atoms with Crippen molar-refractivity contribution in [1.29, 1.82) is 0 Å². The maximum atomic E-state index is 5.43. The van der Waals surface area contributed by atoms with E-state index in [1.165, 1.54) is 44.5 Å². The molecule has 210 valence electrons. The van der Waals surface area contributed by atoms with Gasteiger partial charge in [-0.25, -0.2) is 9.98 Å². The fourth-order valence-corrected chi connectivity index (χ4v) is 7.02. The molecular weight excluding hydrogens is 522 g/mol. The predicted molar refractivity (Wildman–Crippen MR) is 179 cm³/mol. The van der Waals surface area contributed by atoms with Gasteiger partial charge in [0.05, 0.1) is 22.8 Å². The monoisotopic (exact) mass is 557 g/mol. The lowest BCUT2D eigenvalue weighted by atomic mass is 9.89. The molecule has 2 aromatic heterocycles. The van der Waals surface area contributed by atoms with Gasteiger partial charge in [-0.3, -0.25) is 0 Å². The van der Waals surface area contributed by atoms with E-state index >= 15 is 0 Å². The molecule has 7 rings (SSSR count). The van der Waals surface area contributed by atoms with E-state index in [2.05, 4.69) is 144 Å². The molecule has 0 atom stereocenters. The molecule has 3 heteroatoms. The van der Waals surface area contributed by atoms with E-state index in [1.54, 1.807) is 0 Å². The molecule has 0 radical (unpaired) electrons. The molecular formula is C40H35N3. The van der Waals surface area contributed by atoms with Crippen molar-refractivity contribution in [3.63, 3.8) is 0 Å². The van der Waals surface area contributed by atoms with Crippen LogP contribution in [-0.2, 0) is 0 Å². The minimum absolute atomic E-state index is 0.922. The quantitative estimate of drug-likeness (QED) is 0.245. The minimum Gasteiger partial charge on any atom is -0.354 e. The molecule has 0 saturated carbocycles. The second kappa shape index (κ2) is 10.4. The zero-order valence-electron chi connectivity index (χ0n) is 25.6. The van der Waals surface area contributed by atoms with Crippen LogP contribution in [0.4, 0.5) is 0 Å². The SMILES string of the molecule is Cc1cc(C)c(C2=C3C=CC(=N3)C(c3ccccc3)=c3ccc([nH]3)=C(c3c(C)cc(C)cc3C)c3cccc2n3)c(C)c1. The highest BCUT2D eigenvalue weighted by atomic mass is 14.8. The molecule has 0 fully saturated rings. The highest BCUT2D eigenvalue weighted by molar-refractivity contribution is 6.30. The van der Waals surface area contributed by atoms with Crippen LogP contribution in [0.25, 0.3) is 16.7 Å². The number of benzene rings is 3. The Balaban J connectivity index is 1.67. The van der Waals surface area contributed by atoms with Crippen molar-refractivity contribution in [2.24, 2.45) is 4.99 Å². The van der Waals surface area contributed by atoms with Crippen LogP contribution in [0.5, 0.6) is 0 Å². The second-order valence-corrected chi connectivity index (χ2v) is 11.9. The average Bonchev–Trinajstić information content (AvgIpc) is 3.64. The molecule has 0 unspecified atom stereocenters. The van der Waals surface area contributed by atoms with Gasteiger partial charge in [-0.05, 0) is 117 Å². The summed E-state index contributed by atoms with van der Waals surface area (Å²) in [6.45, 7) is 13.1. The van der Waals surface area contributed by atoms with Gasteiger partial charge in [-0.15, -0.1) is 0 Å². The zero-order valence-corrected chi connectivity index (χ0v) is 25.6. The summed E-state index contributed by atoms with van der Waals surface area (Å²) in [5, 5.41) is 2.08. The summed E-state index contributed by atoms with van der Waals surface area (Å²) >= 11 is 0. The summed E-state index contributed by atoms with van der Waals surface area (Å²) in [4.78, 5) is 14.6. The molecule has 0 spiro atoms. The summed E-state index contributed by atoms with van der Waals surface area (Å²) in [6, 6.07) is 30.4. The molecule has 1 N–H and O–H groups in total. The first-order valence-corrected chi connectivity index (χ1v) is 14.9. The number of hydrogen-bond acceptors (Lipinski definition) is 2. The van der Waals surface area contributed by atoms with E-state index in [1.807, 2.05) is 0 Å². The predicted octanol–water partition coefficient (Wildman–Crippen LogP) is 7.49. The number of nitrogens with one attached hydrogen (secondary N) is 1. The molecule has 6 bridgehead atoms. The van der Waals surface area contributed by atoms with Crippen LogP contribution in [0.2, 0.25) is 0 Å². The Hall–Kier alpha value is -5.02. The Morgan fingerprint density at radius 1 is 0.512 bits per heavy atom. The van der Waals surface area contributed by atoms with Crippen LogP contribution in [-0.4, -0.2) is 15.7 Å². The summed E-state index contributed by atoms with van der Waals surface area (Å²) in [5.41, 5.74) is 18.0. The average molecular weight is 558 g/mol. The Bertz CT molecular complexity index is 2120. The number of aromatic amines is 1. The lowest BCUT2D eigenvalue weighted by molar-refractivity contribution is 1.16. The number of hydrogen-bond donors (Lipinski definition) is 1. The highest BCUT2D eigenvalue weighted by Crippen LogP contribution is 2.36. The van der Waals surface area contributed by atoms with Gasteiger partial charge in [0.25, 0.3) is 0 Å². The third-order valence-electron chi connectivity index (χ3n) is 8.55. The van der Waals surface area contributed by atoms with Gasteiger partial charge in [0.1, 0.15) is 0 Å². The van der Waals surface area contributed by atoms with Crippen LogP contribution < -0.4 is 10.7 Å². The van der Waals surface area contributed by atoms with Crippen molar-refractivity contribution in [3.8, 4) is 0 Å². The number of nitrogens with zero attached hydrogens (tertiary/aromatic N) is 2.